The van der Waals surface area contributed by atoms with Crippen LogP contribution in [0, 0.1) is 6.92 Å². The van der Waals surface area contributed by atoms with Gasteiger partial charge in [-0.1, -0.05) is 54.6 Å². The van der Waals surface area contributed by atoms with Gasteiger partial charge in [0.15, 0.2) is 0 Å². The molecule has 152 valence electrons. The minimum absolute atomic E-state index is 0.150. The van der Waals surface area contributed by atoms with Crippen LogP contribution in [0.15, 0.2) is 70.3 Å². The van der Waals surface area contributed by atoms with E-state index in [0.717, 1.165) is 28.0 Å². The summed E-state index contributed by atoms with van der Waals surface area (Å²) in [5.74, 6) is -0.513. The highest BCUT2D eigenvalue weighted by molar-refractivity contribution is 7.20. The van der Waals surface area contributed by atoms with Crippen LogP contribution in [0.2, 0.25) is 0 Å². The minimum Gasteiger partial charge on any atom is -0.457 e. The van der Waals surface area contributed by atoms with Crippen LogP contribution in [-0.4, -0.2) is 15.1 Å². The SMILES string of the molecule is Cc1ccccc1COC(=O)c1cc2c(=O)n(Cc3ccccc3)c(=O)n(C)c2s1. The molecular formula is C23H20N2O4S. The molecule has 7 heteroatoms. The van der Waals surface area contributed by atoms with Crippen molar-refractivity contribution in [3.8, 4) is 0 Å². The molecule has 0 aliphatic rings. The molecular weight excluding hydrogens is 400 g/mol. The number of rotatable bonds is 5. The van der Waals surface area contributed by atoms with Crippen LogP contribution >= 0.6 is 11.3 Å². The summed E-state index contributed by atoms with van der Waals surface area (Å²) in [6, 6.07) is 18.5. The summed E-state index contributed by atoms with van der Waals surface area (Å²) >= 11 is 1.09. The van der Waals surface area contributed by atoms with Gasteiger partial charge < -0.3 is 4.74 Å². The van der Waals surface area contributed by atoms with Crippen molar-refractivity contribution in [2.45, 2.75) is 20.1 Å². The highest BCUT2D eigenvalue weighted by atomic mass is 32.1. The van der Waals surface area contributed by atoms with E-state index in [9.17, 15) is 14.4 Å². The highest BCUT2D eigenvalue weighted by Gasteiger charge is 2.19. The van der Waals surface area contributed by atoms with Crippen molar-refractivity contribution >= 4 is 27.5 Å². The number of esters is 1. The van der Waals surface area contributed by atoms with E-state index in [1.54, 1.807) is 7.05 Å². The van der Waals surface area contributed by atoms with Gasteiger partial charge in [-0.2, -0.15) is 0 Å². The van der Waals surface area contributed by atoms with Gasteiger partial charge in [0, 0.05) is 7.05 Å². The molecule has 0 amide bonds. The Morgan fingerprint density at radius 2 is 1.73 bits per heavy atom. The summed E-state index contributed by atoms with van der Waals surface area (Å²) in [5, 5.41) is 0.334. The molecule has 0 atom stereocenters. The maximum absolute atomic E-state index is 13.0. The maximum atomic E-state index is 13.0. The van der Waals surface area contributed by atoms with E-state index in [0.29, 0.717) is 15.1 Å². The number of carbonyl (C=O) groups excluding carboxylic acids is 1. The molecule has 0 saturated heterocycles. The van der Waals surface area contributed by atoms with Gasteiger partial charge >= 0.3 is 11.7 Å². The van der Waals surface area contributed by atoms with Crippen molar-refractivity contribution in [2.75, 3.05) is 0 Å². The van der Waals surface area contributed by atoms with Crippen LogP contribution in [0.25, 0.3) is 10.2 Å². The number of nitrogens with zero attached hydrogens (tertiary/aromatic N) is 2. The predicted molar refractivity (Wildman–Crippen MR) is 117 cm³/mol. The smallest absolute Gasteiger partial charge is 0.348 e. The van der Waals surface area contributed by atoms with Gasteiger partial charge in [0.05, 0.1) is 11.9 Å². The van der Waals surface area contributed by atoms with E-state index in [1.165, 1.54) is 15.2 Å². The number of aryl methyl sites for hydroxylation is 2. The van der Waals surface area contributed by atoms with E-state index in [2.05, 4.69) is 0 Å². The minimum atomic E-state index is -0.513. The lowest BCUT2D eigenvalue weighted by Gasteiger charge is -2.08. The van der Waals surface area contributed by atoms with E-state index in [-0.39, 0.29) is 13.2 Å². The van der Waals surface area contributed by atoms with Crippen LogP contribution in [0.4, 0.5) is 0 Å². The molecule has 2 aromatic carbocycles. The Hall–Kier alpha value is -3.45. The topological polar surface area (TPSA) is 70.3 Å². The first-order valence-corrected chi connectivity index (χ1v) is 10.3. The van der Waals surface area contributed by atoms with Crippen LogP contribution in [0.5, 0.6) is 0 Å². The van der Waals surface area contributed by atoms with Crippen LogP contribution in [-0.2, 0) is 24.9 Å². The third-order valence-corrected chi connectivity index (χ3v) is 6.21. The third kappa shape index (κ3) is 3.71. The fourth-order valence-electron chi connectivity index (χ4n) is 3.28. The van der Waals surface area contributed by atoms with Crippen molar-refractivity contribution in [3.05, 3.63) is 103 Å². The summed E-state index contributed by atoms with van der Waals surface area (Å²) in [7, 11) is 1.60. The first-order valence-electron chi connectivity index (χ1n) is 9.44. The molecule has 0 aliphatic carbocycles. The van der Waals surface area contributed by atoms with Crippen LogP contribution in [0.3, 0.4) is 0 Å². The van der Waals surface area contributed by atoms with Gasteiger partial charge in [0.2, 0.25) is 0 Å². The molecule has 4 aromatic rings. The Balaban J connectivity index is 1.67. The molecule has 0 unspecified atom stereocenters. The van der Waals surface area contributed by atoms with Crippen LogP contribution in [0.1, 0.15) is 26.4 Å². The van der Waals surface area contributed by atoms with Crippen molar-refractivity contribution in [1.82, 2.24) is 9.13 Å². The second kappa shape index (κ2) is 8.12. The number of fused-ring (bicyclic) bond motifs is 1. The van der Waals surface area contributed by atoms with Crippen molar-refractivity contribution in [3.63, 3.8) is 0 Å². The fourth-order valence-corrected chi connectivity index (χ4v) is 4.28. The van der Waals surface area contributed by atoms with E-state index < -0.39 is 17.2 Å². The van der Waals surface area contributed by atoms with Crippen molar-refractivity contribution in [2.24, 2.45) is 7.05 Å². The Bertz CT molecular complexity index is 1350. The number of hydrogen-bond acceptors (Lipinski definition) is 5. The highest BCUT2D eigenvalue weighted by Crippen LogP contribution is 2.23. The molecule has 6 nitrogen and oxygen atoms in total. The molecule has 0 bridgehead atoms. The van der Waals surface area contributed by atoms with Gasteiger partial charge in [-0.3, -0.25) is 13.9 Å². The summed E-state index contributed by atoms with van der Waals surface area (Å²) < 4.78 is 8.03. The zero-order valence-electron chi connectivity index (χ0n) is 16.6. The lowest BCUT2D eigenvalue weighted by atomic mass is 10.1. The summed E-state index contributed by atoms with van der Waals surface area (Å²) in [6.07, 6.45) is 0. The molecule has 2 aromatic heterocycles. The first-order chi connectivity index (χ1) is 14.5. The largest absolute Gasteiger partial charge is 0.457 e. The normalized spacial score (nSPS) is 11.0. The van der Waals surface area contributed by atoms with Crippen molar-refractivity contribution in [1.29, 1.82) is 0 Å². The predicted octanol–water partition coefficient (Wildman–Crippen LogP) is 3.48. The molecule has 0 aliphatic heterocycles. The quantitative estimate of drug-likeness (QED) is 0.464. The number of aromatic nitrogens is 2. The number of hydrogen-bond donors (Lipinski definition) is 0. The van der Waals surface area contributed by atoms with Crippen molar-refractivity contribution < 1.29 is 9.53 Å². The molecule has 0 N–H and O–H groups in total. The average Bonchev–Trinajstić information content (AvgIpc) is 3.21. The van der Waals surface area contributed by atoms with Gasteiger partial charge in [-0.15, -0.1) is 11.3 Å². The molecule has 0 radical (unpaired) electrons. The second-order valence-corrected chi connectivity index (χ2v) is 8.08. The first kappa shape index (κ1) is 19.8. The Kier molecular flexibility index (Phi) is 5.37. The molecule has 30 heavy (non-hydrogen) atoms. The molecule has 0 saturated carbocycles. The van der Waals surface area contributed by atoms with E-state index >= 15 is 0 Å². The summed E-state index contributed by atoms with van der Waals surface area (Å²) in [5.41, 5.74) is 1.98. The zero-order valence-corrected chi connectivity index (χ0v) is 17.4. The van der Waals surface area contributed by atoms with Gasteiger partial charge in [-0.25, -0.2) is 9.59 Å². The van der Waals surface area contributed by atoms with Crippen LogP contribution < -0.4 is 11.2 Å². The Morgan fingerprint density at radius 1 is 1.03 bits per heavy atom. The average molecular weight is 420 g/mol. The Labute approximate surface area is 176 Å². The standard InChI is InChI=1S/C23H20N2O4S/c1-15-8-6-7-11-17(15)14-29-22(27)19-12-18-20(26)25(13-16-9-4-3-5-10-16)23(28)24(2)21(18)30-19/h3-12H,13-14H2,1-2H3. The lowest BCUT2D eigenvalue weighted by molar-refractivity contribution is 0.0478. The molecule has 0 spiro atoms. The van der Waals surface area contributed by atoms with Gasteiger partial charge in [0.25, 0.3) is 5.56 Å². The number of carbonyl (C=O) groups is 1. The zero-order chi connectivity index (χ0) is 21.3. The van der Waals surface area contributed by atoms with Gasteiger partial charge in [-0.05, 0) is 29.7 Å². The van der Waals surface area contributed by atoms with E-state index in [4.69, 9.17) is 4.74 Å². The molecule has 2 heterocycles. The fraction of sp³-hybridized carbons (Fsp3) is 0.174. The lowest BCUT2D eigenvalue weighted by Crippen LogP contribution is -2.38. The second-order valence-electron chi connectivity index (χ2n) is 7.05. The molecule has 4 rings (SSSR count). The van der Waals surface area contributed by atoms with Gasteiger partial charge in [0.1, 0.15) is 16.3 Å². The third-order valence-electron chi connectivity index (χ3n) is 5.02. The Morgan fingerprint density at radius 3 is 2.47 bits per heavy atom. The summed E-state index contributed by atoms with van der Waals surface area (Å²) in [4.78, 5) is 39.0. The summed E-state index contributed by atoms with van der Waals surface area (Å²) in [6.45, 7) is 2.27. The molecule has 0 fully saturated rings. The monoisotopic (exact) mass is 420 g/mol. The number of thiophene rings is 1. The van der Waals surface area contributed by atoms with E-state index in [1.807, 2.05) is 61.5 Å². The number of benzene rings is 2. The maximum Gasteiger partial charge on any atom is 0.348 e. The number of ether oxygens (including phenoxy) is 1.